The van der Waals surface area contributed by atoms with Gasteiger partial charge in [-0.25, -0.2) is 0 Å². The molecule has 1 N–H and O–H groups in total. The van der Waals surface area contributed by atoms with Gasteiger partial charge in [0.05, 0.1) is 17.8 Å². The second-order valence-corrected chi connectivity index (χ2v) is 9.09. The Hall–Kier alpha value is -2.86. The monoisotopic (exact) mass is 433 g/mol. The topological polar surface area (TPSA) is 36.3 Å². The van der Waals surface area contributed by atoms with Gasteiger partial charge < -0.3 is 19.7 Å². The predicted molar refractivity (Wildman–Crippen MR) is 132 cm³/mol. The molecule has 31 heavy (non-hydrogen) atoms. The van der Waals surface area contributed by atoms with E-state index in [2.05, 4.69) is 103 Å². The molecule has 0 aliphatic carbocycles. The minimum atomic E-state index is 0.0150. The minimum Gasteiger partial charge on any atom is -0.378 e. The van der Waals surface area contributed by atoms with E-state index in [1.165, 1.54) is 28.3 Å². The second kappa shape index (κ2) is 8.35. The summed E-state index contributed by atoms with van der Waals surface area (Å²) < 4.78 is 2.34. The van der Waals surface area contributed by atoms with Crippen LogP contribution in [0.25, 0.3) is 5.69 Å². The van der Waals surface area contributed by atoms with Crippen molar-refractivity contribution in [2.75, 3.05) is 19.0 Å². The number of rotatable bonds is 5. The summed E-state index contributed by atoms with van der Waals surface area (Å²) in [6.45, 7) is 8.77. The zero-order valence-corrected chi connectivity index (χ0v) is 19.9. The van der Waals surface area contributed by atoms with Gasteiger partial charge in [-0.2, -0.15) is 0 Å². The van der Waals surface area contributed by atoms with E-state index in [-0.39, 0.29) is 18.1 Å². The number of aryl methyl sites for hydroxylation is 1. The summed E-state index contributed by atoms with van der Waals surface area (Å²) in [5.41, 5.74) is 7.11. The number of anilines is 1. The molecule has 1 aromatic carbocycles. The normalized spacial score (nSPS) is 18.5. The van der Waals surface area contributed by atoms with E-state index >= 15 is 0 Å². The molecule has 0 radical (unpaired) electrons. The lowest BCUT2D eigenvalue weighted by Gasteiger charge is -2.31. The molecule has 0 bridgehead atoms. The Labute approximate surface area is 190 Å². The third-order valence-corrected chi connectivity index (χ3v) is 6.43. The molecule has 162 valence electrons. The molecule has 3 aromatic rings. The van der Waals surface area contributed by atoms with Crippen molar-refractivity contribution >= 4 is 23.0 Å². The Morgan fingerprint density at radius 1 is 1.06 bits per heavy atom. The van der Waals surface area contributed by atoms with E-state index in [4.69, 9.17) is 12.2 Å². The van der Waals surface area contributed by atoms with E-state index in [0.717, 1.165) is 10.8 Å². The summed E-state index contributed by atoms with van der Waals surface area (Å²) in [6.07, 6.45) is 1.85. The molecule has 2 aromatic heterocycles. The maximum atomic E-state index is 5.76. The highest BCUT2D eigenvalue weighted by Crippen LogP contribution is 2.42. The Balaban J connectivity index is 1.81. The number of benzene rings is 1. The van der Waals surface area contributed by atoms with Crippen molar-refractivity contribution in [1.29, 1.82) is 0 Å². The van der Waals surface area contributed by atoms with Crippen molar-refractivity contribution in [2.45, 2.75) is 45.8 Å². The van der Waals surface area contributed by atoms with Gasteiger partial charge in [0, 0.05) is 49.1 Å². The average Bonchev–Trinajstić information content (AvgIpc) is 3.24. The van der Waals surface area contributed by atoms with Crippen LogP contribution in [0, 0.1) is 13.8 Å². The van der Waals surface area contributed by atoms with Crippen LogP contribution in [-0.2, 0) is 0 Å². The molecule has 0 amide bonds. The highest BCUT2D eigenvalue weighted by Gasteiger charge is 2.42. The van der Waals surface area contributed by atoms with Crippen molar-refractivity contribution in [3.63, 3.8) is 0 Å². The lowest BCUT2D eigenvalue weighted by Crippen LogP contribution is -2.35. The molecule has 1 fully saturated rings. The fourth-order valence-electron chi connectivity index (χ4n) is 4.64. The van der Waals surface area contributed by atoms with Crippen LogP contribution in [0.1, 0.15) is 48.6 Å². The first-order chi connectivity index (χ1) is 14.8. The van der Waals surface area contributed by atoms with Gasteiger partial charge >= 0.3 is 0 Å². The summed E-state index contributed by atoms with van der Waals surface area (Å²) in [7, 11) is 4.13. The first kappa shape index (κ1) is 21.4. The SMILES string of the molecule is Cc1cc([C@H]2[C@@H](c3ccccn3)NC(=S)N2C(C)C)c(C)n1-c1ccc(N(C)C)cc1. The number of nitrogens with one attached hydrogen (secondary N) is 1. The molecule has 0 spiro atoms. The minimum absolute atomic E-state index is 0.0150. The highest BCUT2D eigenvalue weighted by molar-refractivity contribution is 7.80. The van der Waals surface area contributed by atoms with Gasteiger partial charge in [-0.15, -0.1) is 0 Å². The third kappa shape index (κ3) is 3.81. The molecule has 5 nitrogen and oxygen atoms in total. The van der Waals surface area contributed by atoms with Crippen LogP contribution in [0.5, 0.6) is 0 Å². The molecule has 1 saturated heterocycles. The van der Waals surface area contributed by atoms with Crippen LogP contribution >= 0.6 is 12.2 Å². The van der Waals surface area contributed by atoms with Crippen LogP contribution in [0.2, 0.25) is 0 Å². The summed E-state index contributed by atoms with van der Waals surface area (Å²) >= 11 is 5.76. The molecule has 2 atom stereocenters. The zero-order valence-electron chi connectivity index (χ0n) is 19.1. The standard InChI is InChI=1S/C25H31N5S/c1-16(2)29-24(23(27-25(29)31)22-9-7-8-14-26-22)21-15-17(3)30(18(21)4)20-12-10-19(11-13-20)28(5)6/h7-16,23-24H,1-6H3,(H,27,31)/t23-,24+/m1/s1. The zero-order chi connectivity index (χ0) is 22.3. The van der Waals surface area contributed by atoms with E-state index in [0.29, 0.717) is 0 Å². The van der Waals surface area contributed by atoms with Crippen LogP contribution in [-0.4, -0.2) is 39.7 Å². The maximum Gasteiger partial charge on any atom is 0.170 e. The van der Waals surface area contributed by atoms with Gasteiger partial charge in [-0.05, 0) is 87.9 Å². The maximum absolute atomic E-state index is 5.76. The molecule has 0 unspecified atom stereocenters. The van der Waals surface area contributed by atoms with Gasteiger partial charge in [-0.3, -0.25) is 4.98 Å². The van der Waals surface area contributed by atoms with Crippen molar-refractivity contribution in [3.8, 4) is 5.69 Å². The van der Waals surface area contributed by atoms with Crippen LogP contribution < -0.4 is 10.2 Å². The highest BCUT2D eigenvalue weighted by atomic mass is 32.1. The molecule has 6 heteroatoms. The van der Waals surface area contributed by atoms with E-state index in [1.54, 1.807) is 0 Å². The molecule has 1 aliphatic rings. The summed E-state index contributed by atoms with van der Waals surface area (Å²) in [5, 5.41) is 4.33. The summed E-state index contributed by atoms with van der Waals surface area (Å²) in [6, 6.07) is 17.5. The van der Waals surface area contributed by atoms with E-state index in [9.17, 15) is 0 Å². The van der Waals surface area contributed by atoms with Gasteiger partial charge in [0.25, 0.3) is 0 Å². The van der Waals surface area contributed by atoms with Crippen molar-refractivity contribution < 1.29 is 0 Å². The van der Waals surface area contributed by atoms with Crippen LogP contribution in [0.3, 0.4) is 0 Å². The fraction of sp³-hybridized carbons (Fsp3) is 0.360. The number of hydrogen-bond donors (Lipinski definition) is 1. The Kier molecular flexibility index (Phi) is 5.75. The van der Waals surface area contributed by atoms with Crippen molar-refractivity contribution in [3.05, 3.63) is 77.4 Å². The molecule has 1 aliphatic heterocycles. The van der Waals surface area contributed by atoms with E-state index in [1.807, 2.05) is 18.3 Å². The van der Waals surface area contributed by atoms with Gasteiger partial charge in [0.15, 0.2) is 5.11 Å². The van der Waals surface area contributed by atoms with Gasteiger partial charge in [-0.1, -0.05) is 6.07 Å². The Morgan fingerprint density at radius 2 is 1.77 bits per heavy atom. The van der Waals surface area contributed by atoms with Gasteiger partial charge in [0.2, 0.25) is 0 Å². The summed E-state index contributed by atoms with van der Waals surface area (Å²) in [5.74, 6) is 0. The lowest BCUT2D eigenvalue weighted by atomic mass is 9.96. The van der Waals surface area contributed by atoms with Gasteiger partial charge in [0.1, 0.15) is 0 Å². The second-order valence-electron chi connectivity index (χ2n) is 8.70. The first-order valence-electron chi connectivity index (χ1n) is 10.8. The average molecular weight is 434 g/mol. The number of pyridine rings is 1. The summed E-state index contributed by atoms with van der Waals surface area (Å²) in [4.78, 5) is 9.08. The third-order valence-electron chi connectivity index (χ3n) is 6.10. The molecular formula is C25H31N5S. The number of aromatic nitrogens is 2. The number of nitrogens with zero attached hydrogens (tertiary/aromatic N) is 4. The largest absolute Gasteiger partial charge is 0.378 e. The first-order valence-corrected chi connectivity index (χ1v) is 11.2. The predicted octanol–water partition coefficient (Wildman–Crippen LogP) is 4.94. The Bertz CT molecular complexity index is 1070. The molecule has 0 saturated carbocycles. The van der Waals surface area contributed by atoms with E-state index < -0.39 is 0 Å². The van der Waals surface area contributed by atoms with Crippen molar-refractivity contribution in [1.82, 2.24) is 19.8 Å². The number of thiocarbonyl (C=S) groups is 1. The van der Waals surface area contributed by atoms with Crippen LogP contribution in [0.4, 0.5) is 5.69 Å². The molecule has 3 heterocycles. The Morgan fingerprint density at radius 3 is 2.35 bits per heavy atom. The molecule has 4 rings (SSSR count). The molecular weight excluding hydrogens is 402 g/mol. The van der Waals surface area contributed by atoms with Crippen molar-refractivity contribution in [2.24, 2.45) is 0 Å². The van der Waals surface area contributed by atoms with Crippen LogP contribution in [0.15, 0.2) is 54.7 Å². The number of hydrogen-bond acceptors (Lipinski definition) is 3. The quantitative estimate of drug-likeness (QED) is 0.577. The fourth-order valence-corrected chi connectivity index (χ4v) is 5.09. The smallest absolute Gasteiger partial charge is 0.170 e. The lowest BCUT2D eigenvalue weighted by molar-refractivity contribution is 0.269.